The molecule has 0 bridgehead atoms. The molecule has 1 amide bonds. The van der Waals surface area contributed by atoms with E-state index in [2.05, 4.69) is 4.98 Å². The van der Waals surface area contributed by atoms with E-state index in [0.717, 1.165) is 9.88 Å². The van der Waals surface area contributed by atoms with Crippen molar-refractivity contribution in [3.8, 4) is 0 Å². The molecule has 104 valence electrons. The first kappa shape index (κ1) is 14.2. The molecule has 1 aromatic heterocycles. The number of rotatable bonds is 4. The summed E-state index contributed by atoms with van der Waals surface area (Å²) in [4.78, 5) is 29.8. The first-order valence-corrected chi connectivity index (χ1v) is 6.79. The van der Waals surface area contributed by atoms with Crippen LogP contribution in [0.25, 0.3) is 0 Å². The zero-order valence-corrected chi connectivity index (χ0v) is 12.0. The number of carbonyl (C=O) groups excluding carboxylic acids is 1. The van der Waals surface area contributed by atoms with Crippen LogP contribution < -0.4 is 0 Å². The lowest BCUT2D eigenvalue weighted by atomic mass is 10.1. The molecule has 0 saturated carbocycles. The van der Waals surface area contributed by atoms with E-state index in [0.29, 0.717) is 12.1 Å². The minimum Gasteiger partial charge on any atom is -0.478 e. The van der Waals surface area contributed by atoms with Gasteiger partial charge in [0, 0.05) is 23.7 Å². The van der Waals surface area contributed by atoms with Crippen molar-refractivity contribution in [1.82, 2.24) is 9.88 Å². The van der Waals surface area contributed by atoms with Crippen LogP contribution in [0.2, 0.25) is 0 Å². The van der Waals surface area contributed by atoms with Gasteiger partial charge in [-0.3, -0.25) is 4.79 Å². The van der Waals surface area contributed by atoms with E-state index in [9.17, 15) is 9.59 Å². The van der Waals surface area contributed by atoms with Crippen molar-refractivity contribution in [2.24, 2.45) is 0 Å². The largest absolute Gasteiger partial charge is 0.478 e. The van der Waals surface area contributed by atoms with Gasteiger partial charge < -0.3 is 10.0 Å². The first-order chi connectivity index (χ1) is 9.47. The summed E-state index contributed by atoms with van der Waals surface area (Å²) in [6.45, 7) is 2.37. The first-order valence-electron chi connectivity index (χ1n) is 5.97. The SMILES string of the molecule is Cc1ncc(CN(C)C(=O)c2cccc(C(=O)O)c2)s1. The van der Waals surface area contributed by atoms with Gasteiger partial charge in [0.2, 0.25) is 0 Å². The number of carboxylic acid groups (broad SMARTS) is 1. The van der Waals surface area contributed by atoms with Gasteiger partial charge in [0.1, 0.15) is 0 Å². The second-order valence-electron chi connectivity index (χ2n) is 4.39. The molecule has 0 radical (unpaired) electrons. The van der Waals surface area contributed by atoms with Crippen LogP contribution in [0.5, 0.6) is 0 Å². The summed E-state index contributed by atoms with van der Waals surface area (Å²) in [5, 5.41) is 9.89. The number of aromatic nitrogens is 1. The number of hydrogen-bond donors (Lipinski definition) is 1. The number of nitrogens with zero attached hydrogens (tertiary/aromatic N) is 2. The summed E-state index contributed by atoms with van der Waals surface area (Å²) in [6, 6.07) is 6.04. The molecule has 1 N–H and O–H groups in total. The van der Waals surface area contributed by atoms with Gasteiger partial charge in [-0.25, -0.2) is 9.78 Å². The third-order valence-electron chi connectivity index (χ3n) is 2.77. The Balaban J connectivity index is 2.14. The predicted octanol–water partition coefficient (Wildman–Crippen LogP) is 2.42. The zero-order chi connectivity index (χ0) is 14.7. The minimum atomic E-state index is -1.04. The molecular weight excluding hydrogens is 276 g/mol. The Bertz CT molecular complexity index is 651. The van der Waals surface area contributed by atoms with Crippen molar-refractivity contribution in [3.63, 3.8) is 0 Å². The molecule has 2 aromatic rings. The third kappa shape index (κ3) is 3.21. The lowest BCUT2D eigenvalue weighted by Crippen LogP contribution is -2.26. The molecule has 0 saturated heterocycles. The summed E-state index contributed by atoms with van der Waals surface area (Å²) in [5.41, 5.74) is 0.478. The topological polar surface area (TPSA) is 70.5 Å². The Morgan fingerprint density at radius 3 is 2.65 bits per heavy atom. The lowest BCUT2D eigenvalue weighted by molar-refractivity contribution is 0.0697. The highest BCUT2D eigenvalue weighted by atomic mass is 32.1. The van der Waals surface area contributed by atoms with E-state index >= 15 is 0 Å². The van der Waals surface area contributed by atoms with E-state index in [1.807, 2.05) is 6.92 Å². The summed E-state index contributed by atoms with van der Waals surface area (Å²) in [6.07, 6.45) is 1.75. The van der Waals surface area contributed by atoms with Gasteiger partial charge in [0.25, 0.3) is 5.91 Å². The Hall–Kier alpha value is -2.21. The standard InChI is InChI=1S/C14H14N2O3S/c1-9-15-7-12(20-9)8-16(2)13(17)10-4-3-5-11(6-10)14(18)19/h3-7H,8H2,1-2H3,(H,18,19). The van der Waals surface area contributed by atoms with Crippen LogP contribution >= 0.6 is 11.3 Å². The maximum absolute atomic E-state index is 12.2. The number of amides is 1. The molecule has 0 spiro atoms. The van der Waals surface area contributed by atoms with Crippen LogP contribution in [0.3, 0.4) is 0 Å². The highest BCUT2D eigenvalue weighted by Crippen LogP contribution is 2.15. The van der Waals surface area contributed by atoms with Crippen LogP contribution in [0.1, 0.15) is 30.6 Å². The van der Waals surface area contributed by atoms with E-state index in [1.165, 1.54) is 23.5 Å². The monoisotopic (exact) mass is 290 g/mol. The maximum atomic E-state index is 12.2. The number of hydrogen-bond acceptors (Lipinski definition) is 4. The molecule has 1 aromatic carbocycles. The smallest absolute Gasteiger partial charge is 0.335 e. The highest BCUT2D eigenvalue weighted by Gasteiger charge is 2.14. The van der Waals surface area contributed by atoms with Gasteiger partial charge in [0.05, 0.1) is 17.1 Å². The number of aryl methyl sites for hydroxylation is 1. The number of benzene rings is 1. The Morgan fingerprint density at radius 2 is 2.05 bits per heavy atom. The summed E-state index contributed by atoms with van der Waals surface area (Å²) in [5.74, 6) is -1.25. The van der Waals surface area contributed by atoms with Gasteiger partial charge in [-0.15, -0.1) is 11.3 Å². The molecular formula is C14H14N2O3S. The van der Waals surface area contributed by atoms with Crippen molar-refractivity contribution >= 4 is 23.2 Å². The summed E-state index contributed by atoms with van der Waals surface area (Å²) >= 11 is 1.54. The molecule has 0 aliphatic carbocycles. The van der Waals surface area contributed by atoms with Gasteiger partial charge in [-0.1, -0.05) is 6.07 Å². The molecule has 0 aliphatic heterocycles. The van der Waals surface area contributed by atoms with E-state index in [1.54, 1.807) is 30.3 Å². The molecule has 5 nitrogen and oxygen atoms in total. The maximum Gasteiger partial charge on any atom is 0.335 e. The lowest BCUT2D eigenvalue weighted by Gasteiger charge is -2.16. The molecule has 20 heavy (non-hydrogen) atoms. The Kier molecular flexibility index (Phi) is 4.14. The highest BCUT2D eigenvalue weighted by molar-refractivity contribution is 7.11. The normalized spacial score (nSPS) is 10.3. The number of carbonyl (C=O) groups is 2. The second-order valence-corrected chi connectivity index (χ2v) is 5.71. The number of thiazole rings is 1. The van der Waals surface area contributed by atoms with E-state index in [4.69, 9.17) is 5.11 Å². The van der Waals surface area contributed by atoms with Crippen LogP contribution in [-0.2, 0) is 6.54 Å². The number of carboxylic acids is 1. The quantitative estimate of drug-likeness (QED) is 0.938. The molecule has 0 aliphatic rings. The molecule has 0 fully saturated rings. The van der Waals surface area contributed by atoms with Crippen molar-refractivity contribution in [1.29, 1.82) is 0 Å². The summed E-state index contributed by atoms with van der Waals surface area (Å²) in [7, 11) is 1.69. The van der Waals surface area contributed by atoms with Gasteiger partial charge in [-0.2, -0.15) is 0 Å². The third-order valence-corrected chi connectivity index (χ3v) is 3.66. The fourth-order valence-electron chi connectivity index (χ4n) is 1.79. The molecule has 0 unspecified atom stereocenters. The average Bonchev–Trinajstić information content (AvgIpc) is 2.83. The molecule has 1 heterocycles. The molecule has 6 heteroatoms. The fourth-order valence-corrected chi connectivity index (χ4v) is 2.64. The fraction of sp³-hybridized carbons (Fsp3) is 0.214. The van der Waals surface area contributed by atoms with Crippen molar-refractivity contribution < 1.29 is 14.7 Å². The van der Waals surface area contributed by atoms with Crippen molar-refractivity contribution in [2.45, 2.75) is 13.5 Å². The molecule has 2 rings (SSSR count). The summed E-state index contributed by atoms with van der Waals surface area (Å²) < 4.78 is 0. The van der Waals surface area contributed by atoms with Crippen LogP contribution in [0.15, 0.2) is 30.5 Å². The predicted molar refractivity (Wildman–Crippen MR) is 76.0 cm³/mol. The van der Waals surface area contributed by atoms with Gasteiger partial charge in [-0.05, 0) is 25.1 Å². The molecule has 0 atom stereocenters. The van der Waals surface area contributed by atoms with Crippen LogP contribution in [0, 0.1) is 6.92 Å². The second kappa shape index (κ2) is 5.83. The van der Waals surface area contributed by atoms with Gasteiger partial charge >= 0.3 is 5.97 Å². The minimum absolute atomic E-state index is 0.109. The Labute approximate surface area is 120 Å². The van der Waals surface area contributed by atoms with E-state index < -0.39 is 5.97 Å². The Morgan fingerprint density at radius 1 is 1.35 bits per heavy atom. The average molecular weight is 290 g/mol. The van der Waals surface area contributed by atoms with Crippen molar-refractivity contribution in [3.05, 3.63) is 51.5 Å². The van der Waals surface area contributed by atoms with Crippen LogP contribution in [-0.4, -0.2) is 33.9 Å². The van der Waals surface area contributed by atoms with Crippen LogP contribution in [0.4, 0.5) is 0 Å². The van der Waals surface area contributed by atoms with Gasteiger partial charge in [0.15, 0.2) is 0 Å². The number of aromatic carboxylic acids is 1. The zero-order valence-electron chi connectivity index (χ0n) is 11.2. The van der Waals surface area contributed by atoms with Crippen molar-refractivity contribution in [2.75, 3.05) is 7.05 Å². The van der Waals surface area contributed by atoms with E-state index in [-0.39, 0.29) is 11.5 Å².